The molecule has 0 spiro atoms. The molecular formula is C16H28N2. The van der Waals surface area contributed by atoms with Crippen molar-refractivity contribution in [1.82, 2.24) is 4.90 Å². The van der Waals surface area contributed by atoms with Crippen molar-refractivity contribution in [3.8, 4) is 0 Å². The fourth-order valence-corrected chi connectivity index (χ4v) is 1.96. The van der Waals surface area contributed by atoms with Gasteiger partial charge in [-0.15, -0.1) is 0 Å². The van der Waals surface area contributed by atoms with E-state index in [4.69, 9.17) is 5.73 Å². The summed E-state index contributed by atoms with van der Waals surface area (Å²) in [5.74, 6) is 1.23. The normalized spacial score (nSPS) is 13.3. The Morgan fingerprint density at radius 1 is 1.11 bits per heavy atom. The van der Waals surface area contributed by atoms with E-state index >= 15 is 0 Å². The highest BCUT2D eigenvalue weighted by molar-refractivity contribution is 5.24. The van der Waals surface area contributed by atoms with Gasteiger partial charge in [0.2, 0.25) is 0 Å². The molecule has 1 unspecified atom stereocenters. The topological polar surface area (TPSA) is 29.3 Å². The zero-order valence-electron chi connectivity index (χ0n) is 12.3. The number of hydrogen-bond acceptors (Lipinski definition) is 2. The zero-order chi connectivity index (χ0) is 13.5. The van der Waals surface area contributed by atoms with Crippen LogP contribution in [0.3, 0.4) is 0 Å². The Bertz CT molecular complexity index is 329. The van der Waals surface area contributed by atoms with E-state index in [2.05, 4.69) is 57.0 Å². The molecule has 0 saturated heterocycles. The van der Waals surface area contributed by atoms with Crippen LogP contribution in [0.5, 0.6) is 0 Å². The molecule has 0 bridgehead atoms. The second-order valence-corrected chi connectivity index (χ2v) is 5.76. The highest BCUT2D eigenvalue weighted by Crippen LogP contribution is 2.15. The van der Waals surface area contributed by atoms with E-state index in [1.165, 1.54) is 17.5 Å². The minimum atomic E-state index is 0.613. The molecule has 0 aliphatic heterocycles. The molecule has 102 valence electrons. The van der Waals surface area contributed by atoms with Gasteiger partial charge in [0, 0.05) is 6.54 Å². The molecule has 2 nitrogen and oxygen atoms in total. The van der Waals surface area contributed by atoms with Crippen molar-refractivity contribution in [1.29, 1.82) is 0 Å². The fraction of sp³-hybridized carbons (Fsp3) is 0.625. The summed E-state index contributed by atoms with van der Waals surface area (Å²) in [6.07, 6.45) is 1.18. The smallest absolute Gasteiger partial charge is 0.0230 e. The number of nitrogens with zero attached hydrogens (tertiary/aromatic N) is 1. The van der Waals surface area contributed by atoms with Gasteiger partial charge in [-0.3, -0.25) is 0 Å². The number of hydrogen-bond donors (Lipinski definition) is 1. The Hall–Kier alpha value is -0.860. The predicted octanol–water partition coefficient (Wildman–Crippen LogP) is 3.23. The molecule has 0 fully saturated rings. The Labute approximate surface area is 112 Å². The van der Waals surface area contributed by atoms with Gasteiger partial charge in [0.1, 0.15) is 0 Å². The summed E-state index contributed by atoms with van der Waals surface area (Å²) in [5, 5.41) is 0. The lowest BCUT2D eigenvalue weighted by Gasteiger charge is -2.19. The highest BCUT2D eigenvalue weighted by atomic mass is 15.1. The average molecular weight is 248 g/mol. The van der Waals surface area contributed by atoms with Crippen molar-refractivity contribution in [2.45, 2.75) is 39.7 Å². The van der Waals surface area contributed by atoms with Gasteiger partial charge in [-0.05, 0) is 49.5 Å². The third-order valence-corrected chi connectivity index (χ3v) is 3.50. The van der Waals surface area contributed by atoms with E-state index in [1.54, 1.807) is 0 Å². The SMILES string of the molecule is CC(CN)CCN(C)Cc1ccc(C(C)C)cc1. The van der Waals surface area contributed by atoms with E-state index in [9.17, 15) is 0 Å². The molecule has 0 saturated carbocycles. The van der Waals surface area contributed by atoms with Crippen LogP contribution in [0.25, 0.3) is 0 Å². The summed E-state index contributed by atoms with van der Waals surface area (Å²) in [6, 6.07) is 8.99. The molecule has 1 aromatic carbocycles. The van der Waals surface area contributed by atoms with Crippen molar-refractivity contribution in [3.05, 3.63) is 35.4 Å². The standard InChI is InChI=1S/C16H28N2/c1-13(2)16-7-5-15(6-8-16)12-18(4)10-9-14(3)11-17/h5-8,13-14H,9-12,17H2,1-4H3. The molecule has 0 radical (unpaired) electrons. The third kappa shape index (κ3) is 5.19. The van der Waals surface area contributed by atoms with E-state index in [1.807, 2.05) is 0 Å². The second-order valence-electron chi connectivity index (χ2n) is 5.76. The van der Waals surface area contributed by atoms with Crippen LogP contribution in [0.4, 0.5) is 0 Å². The van der Waals surface area contributed by atoms with Gasteiger partial charge >= 0.3 is 0 Å². The van der Waals surface area contributed by atoms with E-state index in [0.29, 0.717) is 11.8 Å². The largest absolute Gasteiger partial charge is 0.330 e. The zero-order valence-corrected chi connectivity index (χ0v) is 12.3. The lowest BCUT2D eigenvalue weighted by molar-refractivity contribution is 0.300. The number of rotatable bonds is 7. The van der Waals surface area contributed by atoms with Crippen LogP contribution in [0, 0.1) is 5.92 Å². The molecule has 2 N–H and O–H groups in total. The summed E-state index contributed by atoms with van der Waals surface area (Å²) in [5.41, 5.74) is 8.44. The molecule has 1 rings (SSSR count). The summed E-state index contributed by atoms with van der Waals surface area (Å²) in [4.78, 5) is 2.37. The maximum Gasteiger partial charge on any atom is 0.0230 e. The Kier molecular flexibility index (Phi) is 6.37. The van der Waals surface area contributed by atoms with Gasteiger partial charge in [0.05, 0.1) is 0 Å². The highest BCUT2D eigenvalue weighted by Gasteiger charge is 2.04. The molecule has 1 aromatic rings. The minimum Gasteiger partial charge on any atom is -0.330 e. The lowest BCUT2D eigenvalue weighted by atomic mass is 10.0. The van der Waals surface area contributed by atoms with Crippen LogP contribution >= 0.6 is 0 Å². The molecule has 0 aliphatic rings. The van der Waals surface area contributed by atoms with Crippen molar-refractivity contribution in [2.24, 2.45) is 11.7 Å². The summed E-state index contributed by atoms with van der Waals surface area (Å²) < 4.78 is 0. The molecule has 0 amide bonds. The predicted molar refractivity (Wildman–Crippen MR) is 79.7 cm³/mol. The first-order chi connectivity index (χ1) is 8.52. The molecular weight excluding hydrogens is 220 g/mol. The monoisotopic (exact) mass is 248 g/mol. The molecule has 1 atom stereocenters. The molecule has 18 heavy (non-hydrogen) atoms. The van der Waals surface area contributed by atoms with E-state index in [0.717, 1.165) is 19.6 Å². The first-order valence-corrected chi connectivity index (χ1v) is 7.00. The van der Waals surface area contributed by atoms with Crippen molar-refractivity contribution >= 4 is 0 Å². The van der Waals surface area contributed by atoms with Gasteiger partial charge in [-0.2, -0.15) is 0 Å². The lowest BCUT2D eigenvalue weighted by Crippen LogP contribution is -2.23. The Morgan fingerprint density at radius 3 is 2.22 bits per heavy atom. The molecule has 0 heterocycles. The third-order valence-electron chi connectivity index (χ3n) is 3.50. The quantitative estimate of drug-likeness (QED) is 0.802. The van der Waals surface area contributed by atoms with Crippen LogP contribution < -0.4 is 5.73 Å². The van der Waals surface area contributed by atoms with E-state index in [-0.39, 0.29) is 0 Å². The molecule has 0 aromatic heterocycles. The first kappa shape index (κ1) is 15.2. The van der Waals surface area contributed by atoms with Gasteiger partial charge in [0.25, 0.3) is 0 Å². The van der Waals surface area contributed by atoms with Crippen LogP contribution in [-0.4, -0.2) is 25.0 Å². The number of benzene rings is 1. The van der Waals surface area contributed by atoms with Gasteiger partial charge in [-0.1, -0.05) is 45.0 Å². The van der Waals surface area contributed by atoms with Crippen LogP contribution in [0.2, 0.25) is 0 Å². The maximum atomic E-state index is 5.64. The minimum absolute atomic E-state index is 0.613. The number of nitrogens with two attached hydrogens (primary N) is 1. The van der Waals surface area contributed by atoms with Crippen LogP contribution in [0.1, 0.15) is 44.2 Å². The van der Waals surface area contributed by atoms with Crippen molar-refractivity contribution in [2.75, 3.05) is 20.1 Å². The van der Waals surface area contributed by atoms with Gasteiger partial charge in [0.15, 0.2) is 0 Å². The fourth-order valence-electron chi connectivity index (χ4n) is 1.96. The Morgan fingerprint density at radius 2 is 1.72 bits per heavy atom. The average Bonchev–Trinajstić information content (AvgIpc) is 2.36. The maximum absolute atomic E-state index is 5.64. The molecule has 2 heteroatoms. The van der Waals surface area contributed by atoms with Gasteiger partial charge < -0.3 is 10.6 Å². The van der Waals surface area contributed by atoms with Crippen LogP contribution in [0.15, 0.2) is 24.3 Å². The summed E-state index contributed by atoms with van der Waals surface area (Å²) in [6.45, 7) is 9.60. The van der Waals surface area contributed by atoms with E-state index < -0.39 is 0 Å². The molecule has 0 aliphatic carbocycles. The van der Waals surface area contributed by atoms with Crippen molar-refractivity contribution < 1.29 is 0 Å². The Balaban J connectivity index is 2.42. The second kappa shape index (κ2) is 7.55. The van der Waals surface area contributed by atoms with Gasteiger partial charge in [-0.25, -0.2) is 0 Å². The first-order valence-electron chi connectivity index (χ1n) is 7.00. The van der Waals surface area contributed by atoms with Crippen molar-refractivity contribution in [3.63, 3.8) is 0 Å². The van der Waals surface area contributed by atoms with Crippen LogP contribution in [-0.2, 0) is 6.54 Å². The summed E-state index contributed by atoms with van der Waals surface area (Å²) in [7, 11) is 2.18. The summed E-state index contributed by atoms with van der Waals surface area (Å²) >= 11 is 0.